The molecule has 0 aromatic carbocycles. The molecule has 0 saturated carbocycles. The minimum atomic E-state index is 0.460. The van der Waals surface area contributed by atoms with E-state index in [1.807, 2.05) is 0 Å². The van der Waals surface area contributed by atoms with Gasteiger partial charge < -0.3 is 19.5 Å². The number of nitrogens with one attached hydrogen (secondary N) is 1. The maximum absolute atomic E-state index is 5.49. The summed E-state index contributed by atoms with van der Waals surface area (Å²) in [6.07, 6.45) is 3.36. The van der Waals surface area contributed by atoms with Crippen molar-refractivity contribution in [1.82, 2.24) is 15.3 Å². The summed E-state index contributed by atoms with van der Waals surface area (Å²) in [7, 11) is 1.65. The lowest BCUT2D eigenvalue weighted by Crippen LogP contribution is -2.20. The van der Waals surface area contributed by atoms with Gasteiger partial charge in [0.1, 0.15) is 6.61 Å². The molecule has 0 saturated heterocycles. The molecule has 0 atom stereocenters. The largest absolute Gasteiger partial charge is 0.474 e. The van der Waals surface area contributed by atoms with Crippen molar-refractivity contribution < 1.29 is 14.2 Å². The molecule has 0 radical (unpaired) electrons. The zero-order valence-electron chi connectivity index (χ0n) is 12.6. The van der Waals surface area contributed by atoms with Gasteiger partial charge in [-0.15, -0.1) is 0 Å². The minimum absolute atomic E-state index is 0.460. The molecule has 20 heavy (non-hydrogen) atoms. The van der Waals surface area contributed by atoms with E-state index < -0.39 is 0 Å². The van der Waals surface area contributed by atoms with E-state index in [1.165, 1.54) is 0 Å². The molecule has 0 unspecified atom stereocenters. The van der Waals surface area contributed by atoms with Gasteiger partial charge in [0.05, 0.1) is 31.7 Å². The molecule has 1 heterocycles. The number of hydrogen-bond donors (Lipinski definition) is 1. The van der Waals surface area contributed by atoms with Gasteiger partial charge >= 0.3 is 0 Å². The van der Waals surface area contributed by atoms with Crippen molar-refractivity contribution in [3.63, 3.8) is 0 Å². The minimum Gasteiger partial charge on any atom is -0.474 e. The second-order valence-corrected chi connectivity index (χ2v) is 4.83. The van der Waals surface area contributed by atoms with E-state index in [1.54, 1.807) is 19.5 Å². The lowest BCUT2D eigenvalue weighted by atomic mass is 10.2. The second kappa shape index (κ2) is 10.5. The zero-order valence-corrected chi connectivity index (χ0v) is 12.6. The highest BCUT2D eigenvalue weighted by molar-refractivity contribution is 5.08. The molecule has 1 aromatic rings. The highest BCUT2D eigenvalue weighted by atomic mass is 16.5. The molecular formula is C14H25N3O3. The summed E-state index contributed by atoms with van der Waals surface area (Å²) < 4.78 is 15.7. The average molecular weight is 283 g/mol. The monoisotopic (exact) mass is 283 g/mol. The van der Waals surface area contributed by atoms with Crippen molar-refractivity contribution in [2.45, 2.75) is 20.4 Å². The van der Waals surface area contributed by atoms with Crippen molar-refractivity contribution >= 4 is 0 Å². The second-order valence-electron chi connectivity index (χ2n) is 4.83. The third kappa shape index (κ3) is 8.04. The summed E-state index contributed by atoms with van der Waals surface area (Å²) in [5.41, 5.74) is 0.878. The highest BCUT2D eigenvalue weighted by Gasteiger charge is 2.01. The van der Waals surface area contributed by atoms with Crippen molar-refractivity contribution in [3.8, 4) is 5.88 Å². The fraction of sp³-hybridized carbons (Fsp3) is 0.714. The first-order valence-corrected chi connectivity index (χ1v) is 6.93. The molecule has 0 aliphatic rings. The van der Waals surface area contributed by atoms with Gasteiger partial charge in [-0.05, 0) is 12.5 Å². The Kier molecular flexibility index (Phi) is 8.86. The Bertz CT molecular complexity index is 361. The van der Waals surface area contributed by atoms with Crippen LogP contribution in [0.5, 0.6) is 5.88 Å². The molecule has 6 heteroatoms. The van der Waals surface area contributed by atoms with E-state index in [0.717, 1.165) is 12.2 Å². The molecular weight excluding hydrogens is 258 g/mol. The first-order valence-electron chi connectivity index (χ1n) is 6.93. The van der Waals surface area contributed by atoms with E-state index in [-0.39, 0.29) is 0 Å². The standard InChI is InChI=1S/C14H25N3O3/c1-12(2)8-15-9-13-10-16-11-14(17-13)20-7-6-19-5-4-18-3/h10-12,15H,4-9H2,1-3H3. The van der Waals surface area contributed by atoms with Gasteiger partial charge in [0, 0.05) is 19.9 Å². The SMILES string of the molecule is COCCOCCOc1cncc(CNCC(C)C)n1. The number of aromatic nitrogens is 2. The third-order valence-electron chi connectivity index (χ3n) is 2.43. The van der Waals surface area contributed by atoms with Crippen molar-refractivity contribution in [2.75, 3.05) is 40.1 Å². The average Bonchev–Trinajstić information content (AvgIpc) is 2.43. The van der Waals surface area contributed by atoms with Gasteiger partial charge in [-0.25, -0.2) is 4.98 Å². The van der Waals surface area contributed by atoms with Crippen molar-refractivity contribution in [1.29, 1.82) is 0 Å². The quantitative estimate of drug-likeness (QED) is 0.617. The van der Waals surface area contributed by atoms with Crippen LogP contribution in [0.3, 0.4) is 0 Å². The highest BCUT2D eigenvalue weighted by Crippen LogP contribution is 2.05. The molecule has 1 aromatic heterocycles. The summed E-state index contributed by atoms with van der Waals surface area (Å²) in [5, 5.41) is 3.32. The lowest BCUT2D eigenvalue weighted by molar-refractivity contribution is 0.0536. The topological polar surface area (TPSA) is 65.5 Å². The van der Waals surface area contributed by atoms with Gasteiger partial charge in [-0.3, -0.25) is 4.98 Å². The van der Waals surface area contributed by atoms with Gasteiger partial charge in [-0.1, -0.05) is 13.8 Å². The van der Waals surface area contributed by atoms with Crippen LogP contribution in [0.2, 0.25) is 0 Å². The molecule has 0 amide bonds. The maximum Gasteiger partial charge on any atom is 0.232 e. The maximum atomic E-state index is 5.49. The van der Waals surface area contributed by atoms with E-state index in [0.29, 0.717) is 44.8 Å². The molecule has 114 valence electrons. The van der Waals surface area contributed by atoms with Crippen LogP contribution in [0.1, 0.15) is 19.5 Å². The molecule has 0 aliphatic heterocycles. The Morgan fingerprint density at radius 1 is 1.15 bits per heavy atom. The molecule has 1 N–H and O–H groups in total. The predicted molar refractivity (Wildman–Crippen MR) is 76.8 cm³/mol. The van der Waals surface area contributed by atoms with Crippen LogP contribution in [-0.4, -0.2) is 50.1 Å². The fourth-order valence-electron chi connectivity index (χ4n) is 1.48. The van der Waals surface area contributed by atoms with E-state index in [2.05, 4.69) is 29.1 Å². The Hall–Kier alpha value is -1.24. The van der Waals surface area contributed by atoms with Crippen LogP contribution >= 0.6 is 0 Å². The van der Waals surface area contributed by atoms with Crippen LogP contribution in [0.4, 0.5) is 0 Å². The molecule has 0 bridgehead atoms. The molecule has 0 fully saturated rings. The van der Waals surface area contributed by atoms with Crippen LogP contribution < -0.4 is 10.1 Å². The molecule has 1 rings (SSSR count). The van der Waals surface area contributed by atoms with Gasteiger partial charge in [-0.2, -0.15) is 0 Å². The first kappa shape index (κ1) is 16.8. The number of nitrogens with zero attached hydrogens (tertiary/aromatic N) is 2. The van der Waals surface area contributed by atoms with Gasteiger partial charge in [0.2, 0.25) is 5.88 Å². The molecule has 0 spiro atoms. The van der Waals surface area contributed by atoms with Gasteiger partial charge in [0.15, 0.2) is 0 Å². The fourth-order valence-corrected chi connectivity index (χ4v) is 1.48. The molecule has 0 aliphatic carbocycles. The number of rotatable bonds is 11. The van der Waals surface area contributed by atoms with Crippen LogP contribution in [-0.2, 0) is 16.0 Å². The first-order chi connectivity index (χ1) is 9.72. The Labute approximate surface area is 120 Å². The third-order valence-corrected chi connectivity index (χ3v) is 2.43. The Balaban J connectivity index is 2.22. The summed E-state index contributed by atoms with van der Waals surface area (Å²) in [6.45, 7) is 8.14. The number of ether oxygens (including phenoxy) is 3. The summed E-state index contributed by atoms with van der Waals surface area (Å²) in [5.74, 6) is 1.15. The van der Waals surface area contributed by atoms with Crippen molar-refractivity contribution in [2.24, 2.45) is 5.92 Å². The molecule has 6 nitrogen and oxygen atoms in total. The summed E-state index contributed by atoms with van der Waals surface area (Å²) in [4.78, 5) is 8.50. The van der Waals surface area contributed by atoms with Crippen LogP contribution in [0, 0.1) is 5.92 Å². The van der Waals surface area contributed by atoms with Crippen LogP contribution in [0.15, 0.2) is 12.4 Å². The summed E-state index contributed by atoms with van der Waals surface area (Å²) >= 11 is 0. The Morgan fingerprint density at radius 2 is 1.95 bits per heavy atom. The normalized spacial score (nSPS) is 11.0. The van der Waals surface area contributed by atoms with E-state index >= 15 is 0 Å². The van der Waals surface area contributed by atoms with Gasteiger partial charge in [0.25, 0.3) is 0 Å². The Morgan fingerprint density at radius 3 is 2.70 bits per heavy atom. The smallest absolute Gasteiger partial charge is 0.232 e. The van der Waals surface area contributed by atoms with E-state index in [9.17, 15) is 0 Å². The predicted octanol–water partition coefficient (Wildman–Crippen LogP) is 1.26. The zero-order chi connectivity index (χ0) is 14.6. The van der Waals surface area contributed by atoms with Crippen molar-refractivity contribution in [3.05, 3.63) is 18.1 Å². The number of methoxy groups -OCH3 is 1. The van der Waals surface area contributed by atoms with Crippen LogP contribution in [0.25, 0.3) is 0 Å². The summed E-state index contributed by atoms with van der Waals surface area (Å²) in [6, 6.07) is 0. The lowest BCUT2D eigenvalue weighted by Gasteiger charge is -2.09. The van der Waals surface area contributed by atoms with E-state index in [4.69, 9.17) is 14.2 Å². The number of hydrogen-bond acceptors (Lipinski definition) is 6.